The van der Waals surface area contributed by atoms with E-state index in [0.717, 1.165) is 30.8 Å². The maximum Gasteiger partial charge on any atom is 0.139 e. The Bertz CT molecular complexity index is 543. The van der Waals surface area contributed by atoms with Crippen LogP contribution in [0.15, 0.2) is 6.07 Å². The van der Waals surface area contributed by atoms with Crippen LogP contribution in [0.1, 0.15) is 42.5 Å². The van der Waals surface area contributed by atoms with Gasteiger partial charge in [0.2, 0.25) is 0 Å². The fourth-order valence-corrected chi connectivity index (χ4v) is 3.21. The number of aryl methyl sites for hydroxylation is 2. The van der Waals surface area contributed by atoms with Gasteiger partial charge < -0.3 is 15.4 Å². The number of fused-ring (bicyclic) bond motifs is 1. The Labute approximate surface area is 131 Å². The molecule has 0 bridgehead atoms. The molecule has 21 heavy (non-hydrogen) atoms. The van der Waals surface area contributed by atoms with Crippen molar-refractivity contribution in [3.8, 4) is 0 Å². The van der Waals surface area contributed by atoms with Gasteiger partial charge in [0.05, 0.1) is 12.2 Å². The molecule has 0 aromatic carbocycles. The van der Waals surface area contributed by atoms with Crippen LogP contribution in [-0.2, 0) is 17.6 Å². The summed E-state index contributed by atoms with van der Waals surface area (Å²) in [5.74, 6) is 0.975. The third kappa shape index (κ3) is 3.19. The van der Waals surface area contributed by atoms with Crippen LogP contribution >= 0.6 is 12.2 Å². The molecule has 2 aliphatic rings. The second-order valence-electron chi connectivity index (χ2n) is 5.95. The van der Waals surface area contributed by atoms with Crippen LogP contribution in [0, 0.1) is 0 Å². The van der Waals surface area contributed by atoms with E-state index in [4.69, 9.17) is 27.7 Å². The number of hydrogen-bond acceptors (Lipinski definition) is 4. The molecule has 0 saturated heterocycles. The van der Waals surface area contributed by atoms with Crippen molar-refractivity contribution in [1.82, 2.24) is 4.98 Å². The molecule has 1 fully saturated rings. The Kier molecular flexibility index (Phi) is 4.40. The maximum atomic E-state index is 5.97. The predicted octanol–water partition coefficient (Wildman–Crippen LogP) is 2.21. The van der Waals surface area contributed by atoms with Crippen molar-refractivity contribution in [1.29, 1.82) is 0 Å². The van der Waals surface area contributed by atoms with Crippen LogP contribution in [0.5, 0.6) is 0 Å². The van der Waals surface area contributed by atoms with Gasteiger partial charge >= 0.3 is 0 Å². The summed E-state index contributed by atoms with van der Waals surface area (Å²) in [6, 6.07) is 2.75. The summed E-state index contributed by atoms with van der Waals surface area (Å²) in [6.45, 7) is 1.55. The van der Waals surface area contributed by atoms with Crippen LogP contribution in [0.3, 0.4) is 0 Å². The van der Waals surface area contributed by atoms with Crippen LogP contribution < -0.4 is 10.6 Å². The number of anilines is 1. The van der Waals surface area contributed by atoms with Crippen molar-refractivity contribution in [2.45, 2.75) is 44.6 Å². The van der Waals surface area contributed by atoms with E-state index in [1.807, 2.05) is 0 Å². The molecule has 0 spiro atoms. The average Bonchev–Trinajstić information content (AvgIpc) is 3.31. The number of hydrogen-bond donors (Lipinski definition) is 1. The normalized spacial score (nSPS) is 17.4. The van der Waals surface area contributed by atoms with Gasteiger partial charge in [-0.05, 0) is 50.2 Å². The summed E-state index contributed by atoms with van der Waals surface area (Å²) in [4.78, 5) is 7.74. The summed E-state index contributed by atoms with van der Waals surface area (Å²) in [7, 11) is 1.74. The lowest BCUT2D eigenvalue weighted by Gasteiger charge is -2.28. The fourth-order valence-electron chi connectivity index (χ4n) is 3.06. The minimum absolute atomic E-state index is 0.453. The van der Waals surface area contributed by atoms with Gasteiger partial charge in [0, 0.05) is 25.4 Å². The Balaban J connectivity index is 1.99. The molecule has 2 N–H and O–H groups in total. The molecule has 114 valence electrons. The van der Waals surface area contributed by atoms with E-state index in [-0.39, 0.29) is 0 Å². The second-order valence-corrected chi connectivity index (χ2v) is 6.39. The monoisotopic (exact) mass is 305 g/mol. The Morgan fingerprint density at radius 1 is 1.43 bits per heavy atom. The van der Waals surface area contributed by atoms with Crippen LogP contribution in [0.4, 0.5) is 5.82 Å². The van der Waals surface area contributed by atoms with Gasteiger partial charge in [-0.2, -0.15) is 0 Å². The van der Waals surface area contributed by atoms with E-state index in [1.54, 1.807) is 7.11 Å². The molecule has 0 amide bonds. The highest BCUT2D eigenvalue weighted by Crippen LogP contribution is 2.34. The predicted molar refractivity (Wildman–Crippen MR) is 89.0 cm³/mol. The van der Waals surface area contributed by atoms with Gasteiger partial charge in [-0.3, -0.25) is 0 Å². The number of ether oxygens (including phenoxy) is 1. The van der Waals surface area contributed by atoms with E-state index in [9.17, 15) is 0 Å². The highest BCUT2D eigenvalue weighted by atomic mass is 32.1. The number of nitrogens with zero attached hydrogens (tertiary/aromatic N) is 2. The molecule has 5 heteroatoms. The zero-order chi connectivity index (χ0) is 14.8. The Hall–Kier alpha value is -1.20. The average molecular weight is 305 g/mol. The molecule has 3 rings (SSSR count). The molecule has 1 saturated carbocycles. The largest absolute Gasteiger partial charge is 0.389 e. The zero-order valence-corrected chi connectivity index (χ0v) is 13.4. The summed E-state index contributed by atoms with van der Waals surface area (Å²) >= 11 is 5.27. The SMILES string of the molecule is COCCN(c1nc2c(cc1C(N)=S)CCCC2)C1CC1. The number of rotatable bonds is 6. The lowest BCUT2D eigenvalue weighted by Crippen LogP contribution is -2.33. The molecule has 0 radical (unpaired) electrons. The number of nitrogens with two attached hydrogens (primary N) is 1. The fraction of sp³-hybridized carbons (Fsp3) is 0.625. The van der Waals surface area contributed by atoms with E-state index in [0.29, 0.717) is 17.6 Å². The maximum absolute atomic E-state index is 5.97. The van der Waals surface area contributed by atoms with Crippen LogP contribution in [0.25, 0.3) is 0 Å². The highest BCUT2D eigenvalue weighted by Gasteiger charge is 2.32. The van der Waals surface area contributed by atoms with Gasteiger partial charge in [-0.25, -0.2) is 4.98 Å². The van der Waals surface area contributed by atoms with Crippen molar-refractivity contribution in [2.75, 3.05) is 25.2 Å². The quantitative estimate of drug-likeness (QED) is 0.817. The minimum Gasteiger partial charge on any atom is -0.389 e. The molecule has 1 heterocycles. The third-order valence-corrected chi connectivity index (χ3v) is 4.56. The number of aromatic nitrogens is 1. The first-order valence-electron chi connectivity index (χ1n) is 7.79. The summed E-state index contributed by atoms with van der Waals surface area (Å²) < 4.78 is 5.25. The second kappa shape index (κ2) is 6.28. The summed E-state index contributed by atoms with van der Waals surface area (Å²) in [6.07, 6.45) is 7.08. The van der Waals surface area contributed by atoms with Crippen molar-refractivity contribution >= 4 is 23.0 Å². The smallest absolute Gasteiger partial charge is 0.139 e. The molecular formula is C16H23N3OS. The standard InChI is InChI=1S/C16H23N3OS/c1-20-9-8-19(12-6-7-12)16-13(15(17)21)10-11-4-2-3-5-14(11)18-16/h10,12H,2-9H2,1H3,(H2,17,21). The van der Waals surface area contributed by atoms with Crippen LogP contribution in [-0.4, -0.2) is 36.3 Å². The number of thiocarbonyl (C=S) groups is 1. The van der Waals surface area contributed by atoms with Crippen molar-refractivity contribution in [2.24, 2.45) is 5.73 Å². The lowest BCUT2D eigenvalue weighted by molar-refractivity contribution is 0.204. The molecule has 0 unspecified atom stereocenters. The highest BCUT2D eigenvalue weighted by molar-refractivity contribution is 7.80. The van der Waals surface area contributed by atoms with Gasteiger partial charge in [0.15, 0.2) is 0 Å². The lowest BCUT2D eigenvalue weighted by atomic mass is 9.94. The summed E-state index contributed by atoms with van der Waals surface area (Å²) in [5.41, 5.74) is 9.47. The van der Waals surface area contributed by atoms with Gasteiger partial charge in [0.1, 0.15) is 10.8 Å². The summed E-state index contributed by atoms with van der Waals surface area (Å²) in [5, 5.41) is 0. The van der Waals surface area contributed by atoms with E-state index < -0.39 is 0 Å². The van der Waals surface area contributed by atoms with Gasteiger partial charge in [-0.15, -0.1) is 0 Å². The molecular weight excluding hydrogens is 282 g/mol. The number of pyridine rings is 1. The minimum atomic E-state index is 0.453. The van der Waals surface area contributed by atoms with Crippen LogP contribution in [0.2, 0.25) is 0 Å². The first kappa shape index (κ1) is 14.7. The third-order valence-electron chi connectivity index (χ3n) is 4.34. The van der Waals surface area contributed by atoms with Crippen molar-refractivity contribution in [3.63, 3.8) is 0 Å². The first-order chi connectivity index (χ1) is 10.2. The molecule has 2 aliphatic carbocycles. The van der Waals surface area contributed by atoms with Crippen molar-refractivity contribution in [3.05, 3.63) is 22.9 Å². The molecule has 0 atom stereocenters. The Morgan fingerprint density at radius 3 is 2.86 bits per heavy atom. The van der Waals surface area contributed by atoms with Gasteiger partial charge in [-0.1, -0.05) is 12.2 Å². The zero-order valence-electron chi connectivity index (χ0n) is 12.6. The van der Waals surface area contributed by atoms with E-state index in [1.165, 1.54) is 36.9 Å². The van der Waals surface area contributed by atoms with Crippen molar-refractivity contribution < 1.29 is 4.74 Å². The Morgan fingerprint density at radius 2 is 2.19 bits per heavy atom. The molecule has 1 aromatic rings. The molecule has 4 nitrogen and oxygen atoms in total. The number of methoxy groups -OCH3 is 1. The molecule has 0 aliphatic heterocycles. The van der Waals surface area contributed by atoms with Gasteiger partial charge in [0.25, 0.3) is 0 Å². The topological polar surface area (TPSA) is 51.4 Å². The first-order valence-corrected chi connectivity index (χ1v) is 8.19. The van der Waals surface area contributed by atoms with E-state index in [2.05, 4.69) is 11.0 Å². The van der Waals surface area contributed by atoms with E-state index >= 15 is 0 Å². The molecule has 1 aromatic heterocycles.